The van der Waals surface area contributed by atoms with Gasteiger partial charge in [-0.1, -0.05) is 0 Å². The molecule has 0 bridgehead atoms. The number of methoxy groups -OCH3 is 1. The Morgan fingerprint density at radius 1 is 1.06 bits per heavy atom. The van der Waals surface area contributed by atoms with Gasteiger partial charge in [-0.15, -0.1) is 0 Å². The molecule has 0 saturated carbocycles. The van der Waals surface area contributed by atoms with E-state index < -0.39 is 23.7 Å². The lowest BCUT2D eigenvalue weighted by molar-refractivity contribution is -0.122. The van der Waals surface area contributed by atoms with E-state index in [-0.39, 0.29) is 11.3 Å². The van der Waals surface area contributed by atoms with E-state index in [1.165, 1.54) is 19.3 Å². The number of benzene rings is 2. The quantitative estimate of drug-likeness (QED) is 0.602. The van der Waals surface area contributed by atoms with Crippen LogP contribution in [0.3, 0.4) is 0 Å². The highest BCUT2D eigenvalue weighted by molar-refractivity contribution is 6.39. The molecule has 8 heteroatoms. The Labute approximate surface area is 179 Å². The van der Waals surface area contributed by atoms with Gasteiger partial charge in [0, 0.05) is 13.1 Å². The van der Waals surface area contributed by atoms with Gasteiger partial charge in [0.05, 0.1) is 18.5 Å². The molecule has 2 aliphatic rings. The number of imide groups is 2. The van der Waals surface area contributed by atoms with E-state index in [4.69, 9.17) is 4.74 Å². The fraction of sp³-hybridized carbons (Fsp3) is 0.261. The molecule has 2 saturated heterocycles. The third-order valence-corrected chi connectivity index (χ3v) is 5.51. The molecule has 2 heterocycles. The smallest absolute Gasteiger partial charge is 0.335 e. The second-order valence-electron chi connectivity index (χ2n) is 7.51. The first-order chi connectivity index (χ1) is 14.9. The monoisotopic (exact) mass is 423 g/mol. The van der Waals surface area contributed by atoms with Crippen molar-refractivity contribution in [1.82, 2.24) is 5.32 Å². The van der Waals surface area contributed by atoms with Gasteiger partial charge in [0.15, 0.2) is 0 Å². The average Bonchev–Trinajstić information content (AvgIpc) is 3.28. The topological polar surface area (TPSA) is 79.0 Å². The number of nitrogens with one attached hydrogen (secondary N) is 1. The molecule has 2 aromatic carbocycles. The summed E-state index contributed by atoms with van der Waals surface area (Å²) in [7, 11) is 1.50. The summed E-state index contributed by atoms with van der Waals surface area (Å²) in [5.74, 6) is -1.44. The Bertz CT molecular complexity index is 1090. The molecule has 0 aromatic heterocycles. The minimum absolute atomic E-state index is 0.244. The lowest BCUT2D eigenvalue weighted by Gasteiger charge is -2.26. The predicted molar refractivity (Wildman–Crippen MR) is 115 cm³/mol. The molecule has 4 rings (SSSR count). The van der Waals surface area contributed by atoms with Gasteiger partial charge < -0.3 is 9.64 Å². The summed E-state index contributed by atoms with van der Waals surface area (Å²) >= 11 is 0. The van der Waals surface area contributed by atoms with E-state index in [0.717, 1.165) is 36.4 Å². The molecule has 0 spiro atoms. The average molecular weight is 423 g/mol. The van der Waals surface area contributed by atoms with Crippen LogP contribution in [0.1, 0.15) is 24.0 Å². The number of aryl methyl sites for hydroxylation is 1. The first-order valence-corrected chi connectivity index (χ1v) is 9.99. The summed E-state index contributed by atoms with van der Waals surface area (Å²) in [6.07, 6.45) is 3.37. The van der Waals surface area contributed by atoms with Crippen LogP contribution in [0.15, 0.2) is 42.0 Å². The van der Waals surface area contributed by atoms with Crippen LogP contribution in [0.25, 0.3) is 6.08 Å². The van der Waals surface area contributed by atoms with Crippen molar-refractivity contribution < 1.29 is 23.5 Å². The largest absolute Gasteiger partial charge is 0.497 e. The molecule has 2 fully saturated rings. The van der Waals surface area contributed by atoms with Crippen LogP contribution in [0, 0.1) is 12.7 Å². The summed E-state index contributed by atoms with van der Waals surface area (Å²) in [4.78, 5) is 40.6. The number of carbonyl (C=O) groups excluding carboxylic acids is 3. The Kier molecular flexibility index (Phi) is 5.46. The van der Waals surface area contributed by atoms with Crippen LogP contribution in [0.5, 0.6) is 5.75 Å². The van der Waals surface area contributed by atoms with E-state index in [1.807, 2.05) is 4.90 Å². The van der Waals surface area contributed by atoms with Crippen LogP contribution in [0.2, 0.25) is 0 Å². The lowest BCUT2D eigenvalue weighted by Crippen LogP contribution is -2.54. The molecule has 1 N–H and O–H groups in total. The molecule has 7 nitrogen and oxygen atoms in total. The number of nitrogens with zero attached hydrogens (tertiary/aromatic N) is 2. The van der Waals surface area contributed by atoms with Gasteiger partial charge in [-0.2, -0.15) is 0 Å². The van der Waals surface area contributed by atoms with E-state index in [1.54, 1.807) is 37.3 Å². The van der Waals surface area contributed by atoms with Gasteiger partial charge in [0.2, 0.25) is 0 Å². The Hall–Kier alpha value is -3.68. The molecule has 0 unspecified atom stereocenters. The Morgan fingerprint density at radius 3 is 2.39 bits per heavy atom. The number of halogens is 1. The van der Waals surface area contributed by atoms with Crippen LogP contribution in [-0.2, 0) is 9.59 Å². The number of urea groups is 1. The molecule has 31 heavy (non-hydrogen) atoms. The normalized spacial score (nSPS) is 18.0. The maximum Gasteiger partial charge on any atom is 0.335 e. The number of ether oxygens (including phenoxy) is 1. The molecule has 0 radical (unpaired) electrons. The van der Waals surface area contributed by atoms with Crippen molar-refractivity contribution in [1.29, 1.82) is 0 Å². The minimum Gasteiger partial charge on any atom is -0.497 e. The predicted octanol–water partition coefficient (Wildman–Crippen LogP) is 3.41. The Morgan fingerprint density at radius 2 is 1.74 bits per heavy atom. The van der Waals surface area contributed by atoms with E-state index in [2.05, 4.69) is 5.32 Å². The van der Waals surface area contributed by atoms with Crippen LogP contribution >= 0.6 is 0 Å². The summed E-state index contributed by atoms with van der Waals surface area (Å²) in [5.41, 5.74) is 1.69. The second-order valence-corrected chi connectivity index (χ2v) is 7.51. The lowest BCUT2D eigenvalue weighted by atomic mass is 10.0. The fourth-order valence-corrected chi connectivity index (χ4v) is 3.82. The zero-order valence-electron chi connectivity index (χ0n) is 17.3. The molecule has 0 atom stereocenters. The van der Waals surface area contributed by atoms with Crippen molar-refractivity contribution in [3.05, 3.63) is 58.9 Å². The summed E-state index contributed by atoms with van der Waals surface area (Å²) in [6.45, 7) is 3.40. The molecular weight excluding hydrogens is 401 g/mol. The highest BCUT2D eigenvalue weighted by Crippen LogP contribution is 2.29. The van der Waals surface area contributed by atoms with Crippen molar-refractivity contribution >= 4 is 35.3 Å². The number of amides is 4. The van der Waals surface area contributed by atoms with E-state index >= 15 is 0 Å². The number of anilines is 2. The number of hydrogen-bond acceptors (Lipinski definition) is 5. The van der Waals surface area contributed by atoms with Gasteiger partial charge in [0.25, 0.3) is 11.8 Å². The second kappa shape index (κ2) is 8.22. The number of hydrogen-bond donors (Lipinski definition) is 1. The van der Waals surface area contributed by atoms with Crippen LogP contribution < -0.4 is 19.9 Å². The SMILES string of the molecule is COc1ccc(N2C(=O)NC(=O)/C(=C\c3cc(F)c(N4CCCC4)cc3C)C2=O)cc1. The maximum absolute atomic E-state index is 14.8. The van der Waals surface area contributed by atoms with E-state index in [0.29, 0.717) is 17.0 Å². The molecular formula is C23H22FN3O4. The first kappa shape index (κ1) is 20.6. The fourth-order valence-electron chi connectivity index (χ4n) is 3.82. The maximum atomic E-state index is 14.8. The van der Waals surface area contributed by atoms with Crippen molar-refractivity contribution in [2.45, 2.75) is 19.8 Å². The summed E-state index contributed by atoms with van der Waals surface area (Å²) in [5, 5.41) is 2.17. The van der Waals surface area contributed by atoms with Crippen molar-refractivity contribution in [3.8, 4) is 5.75 Å². The number of barbiturate groups is 1. The number of carbonyl (C=O) groups is 3. The Balaban J connectivity index is 1.69. The molecule has 0 aliphatic carbocycles. The third-order valence-electron chi connectivity index (χ3n) is 5.51. The zero-order chi connectivity index (χ0) is 22.1. The molecule has 4 amide bonds. The van der Waals surface area contributed by atoms with Crippen molar-refractivity contribution in [2.75, 3.05) is 30.0 Å². The van der Waals surface area contributed by atoms with Gasteiger partial charge in [0.1, 0.15) is 17.1 Å². The first-order valence-electron chi connectivity index (χ1n) is 9.99. The summed E-state index contributed by atoms with van der Waals surface area (Å²) in [6, 6.07) is 8.50. The van der Waals surface area contributed by atoms with E-state index in [9.17, 15) is 18.8 Å². The van der Waals surface area contributed by atoms with Gasteiger partial charge in [-0.3, -0.25) is 14.9 Å². The molecule has 2 aliphatic heterocycles. The molecule has 160 valence electrons. The zero-order valence-corrected chi connectivity index (χ0v) is 17.3. The highest BCUT2D eigenvalue weighted by atomic mass is 19.1. The summed E-state index contributed by atoms with van der Waals surface area (Å²) < 4.78 is 19.9. The molecule has 2 aromatic rings. The van der Waals surface area contributed by atoms with Gasteiger partial charge in [-0.25, -0.2) is 14.1 Å². The van der Waals surface area contributed by atoms with Gasteiger partial charge in [-0.05, 0) is 73.4 Å². The van der Waals surface area contributed by atoms with Crippen molar-refractivity contribution in [3.63, 3.8) is 0 Å². The standard InChI is InChI=1S/C23H22FN3O4/c1-14-11-20(26-9-3-4-10-26)19(24)13-15(14)12-18-21(28)25-23(30)27(22(18)29)16-5-7-17(31-2)8-6-16/h5-8,11-13H,3-4,9-10H2,1-2H3,(H,25,28,30)/b18-12+. The van der Waals surface area contributed by atoms with Crippen LogP contribution in [-0.4, -0.2) is 38.0 Å². The third kappa shape index (κ3) is 3.88. The van der Waals surface area contributed by atoms with Crippen LogP contribution in [0.4, 0.5) is 20.6 Å². The number of rotatable bonds is 4. The van der Waals surface area contributed by atoms with Crippen molar-refractivity contribution in [2.24, 2.45) is 0 Å². The minimum atomic E-state index is -0.843. The highest BCUT2D eigenvalue weighted by Gasteiger charge is 2.37. The van der Waals surface area contributed by atoms with Gasteiger partial charge >= 0.3 is 6.03 Å².